The molecular weight excluding hydrogens is 354 g/mol. The number of hydrogen-bond donors (Lipinski definition) is 0. The van der Waals surface area contributed by atoms with Gasteiger partial charge in [-0.2, -0.15) is 0 Å². The third-order valence-corrected chi connectivity index (χ3v) is 4.37. The van der Waals surface area contributed by atoms with Crippen molar-refractivity contribution in [3.8, 4) is 5.75 Å². The lowest BCUT2D eigenvalue weighted by atomic mass is 10.0. The highest BCUT2D eigenvalue weighted by Crippen LogP contribution is 2.37. The summed E-state index contributed by atoms with van der Waals surface area (Å²) >= 11 is 15.4. The molecule has 0 N–H and O–H groups in total. The Morgan fingerprint density at radius 1 is 1.11 bits per heavy atom. The first-order valence-electron chi connectivity index (χ1n) is 5.45. The van der Waals surface area contributed by atoms with Gasteiger partial charge in [0.15, 0.2) is 0 Å². The third-order valence-electron chi connectivity index (χ3n) is 2.72. The predicted molar refractivity (Wildman–Crippen MR) is 80.2 cm³/mol. The minimum Gasteiger partial charge on any atom is -0.497 e. The van der Waals surface area contributed by atoms with Crippen molar-refractivity contribution in [1.29, 1.82) is 0 Å². The minimum atomic E-state index is -0.451. The summed E-state index contributed by atoms with van der Waals surface area (Å²) in [6.07, 6.45) is 0. The second-order valence-electron chi connectivity index (χ2n) is 3.92. The van der Waals surface area contributed by atoms with Crippen LogP contribution < -0.4 is 4.74 Å². The Kier molecular flexibility index (Phi) is 4.71. The highest BCUT2D eigenvalue weighted by Gasteiger charge is 2.15. The van der Waals surface area contributed by atoms with Crippen LogP contribution in [0.4, 0.5) is 4.39 Å². The maximum atomic E-state index is 13.5. The van der Waals surface area contributed by atoms with E-state index >= 15 is 0 Å². The molecule has 1 nitrogen and oxygen atoms in total. The van der Waals surface area contributed by atoms with E-state index in [1.165, 1.54) is 12.1 Å². The molecule has 0 spiro atoms. The molecule has 0 amide bonds. The number of alkyl halides is 1. The summed E-state index contributed by atoms with van der Waals surface area (Å²) in [5.41, 5.74) is 1.58. The Morgan fingerprint density at radius 2 is 1.84 bits per heavy atom. The van der Waals surface area contributed by atoms with E-state index in [0.717, 1.165) is 11.1 Å². The fourth-order valence-electron chi connectivity index (χ4n) is 1.69. The molecule has 0 aromatic heterocycles. The number of rotatable bonds is 3. The Hall–Kier alpha value is -0.770. The molecule has 1 unspecified atom stereocenters. The molecule has 5 heteroatoms. The number of benzene rings is 2. The fraction of sp³-hybridized carbons (Fsp3) is 0.143. The van der Waals surface area contributed by atoms with E-state index < -0.39 is 5.82 Å². The average molecular weight is 364 g/mol. The van der Waals surface area contributed by atoms with Gasteiger partial charge in [0.1, 0.15) is 11.6 Å². The van der Waals surface area contributed by atoms with Crippen LogP contribution in [0.1, 0.15) is 16.0 Å². The molecule has 0 saturated carbocycles. The number of hydrogen-bond acceptors (Lipinski definition) is 1. The average Bonchev–Trinajstić information content (AvgIpc) is 2.41. The van der Waals surface area contributed by atoms with E-state index in [2.05, 4.69) is 15.9 Å². The summed E-state index contributed by atoms with van der Waals surface area (Å²) < 4.78 is 18.6. The van der Waals surface area contributed by atoms with Crippen LogP contribution in [-0.4, -0.2) is 7.11 Å². The van der Waals surface area contributed by atoms with E-state index in [4.69, 9.17) is 27.9 Å². The summed E-state index contributed by atoms with van der Waals surface area (Å²) in [6.45, 7) is 0. The molecule has 0 aliphatic carbocycles. The van der Waals surface area contributed by atoms with Crippen molar-refractivity contribution in [3.63, 3.8) is 0 Å². The third kappa shape index (κ3) is 3.22. The van der Waals surface area contributed by atoms with E-state index in [-0.39, 0.29) is 9.85 Å². The number of halogens is 4. The second kappa shape index (κ2) is 6.12. The van der Waals surface area contributed by atoms with Crippen molar-refractivity contribution in [2.45, 2.75) is 4.83 Å². The first-order valence-corrected chi connectivity index (χ1v) is 7.12. The minimum absolute atomic E-state index is 0.101. The van der Waals surface area contributed by atoms with Gasteiger partial charge in [-0.3, -0.25) is 0 Å². The molecule has 0 radical (unpaired) electrons. The lowest BCUT2D eigenvalue weighted by Crippen LogP contribution is -1.95. The summed E-state index contributed by atoms with van der Waals surface area (Å²) in [5.74, 6) is 0.226. The number of methoxy groups -OCH3 is 1. The van der Waals surface area contributed by atoms with Crippen LogP contribution in [0.3, 0.4) is 0 Å². The molecule has 0 aliphatic heterocycles. The topological polar surface area (TPSA) is 9.23 Å². The molecule has 0 saturated heterocycles. The fourth-order valence-corrected chi connectivity index (χ4v) is 2.90. The monoisotopic (exact) mass is 362 g/mol. The molecule has 2 aromatic carbocycles. The van der Waals surface area contributed by atoms with Crippen LogP contribution >= 0.6 is 39.1 Å². The van der Waals surface area contributed by atoms with Crippen LogP contribution in [0.2, 0.25) is 10.0 Å². The Bertz CT molecular complexity index is 604. The van der Waals surface area contributed by atoms with Crippen LogP contribution in [0, 0.1) is 5.82 Å². The molecule has 0 heterocycles. The first-order chi connectivity index (χ1) is 9.02. The SMILES string of the molecule is COc1ccc(C(Br)c2ccc(Cl)c(F)c2)c(Cl)c1. The standard InChI is InChI=1S/C14H10BrCl2FO/c1-19-9-3-4-10(12(17)7-9)14(15)8-2-5-11(16)13(18)6-8/h2-7,14H,1H3. The molecule has 0 aliphatic rings. The maximum Gasteiger partial charge on any atom is 0.142 e. The van der Waals surface area contributed by atoms with Gasteiger partial charge in [-0.1, -0.05) is 51.3 Å². The van der Waals surface area contributed by atoms with E-state index in [9.17, 15) is 4.39 Å². The Morgan fingerprint density at radius 3 is 2.42 bits per heavy atom. The zero-order valence-electron chi connectivity index (χ0n) is 9.96. The summed E-state index contributed by atoms with van der Waals surface area (Å²) in [5, 5.41) is 0.654. The van der Waals surface area contributed by atoms with Gasteiger partial charge in [0.05, 0.1) is 17.0 Å². The van der Waals surface area contributed by atoms with Gasteiger partial charge in [-0.05, 0) is 35.4 Å². The van der Waals surface area contributed by atoms with Crippen molar-refractivity contribution in [3.05, 3.63) is 63.4 Å². The zero-order chi connectivity index (χ0) is 14.0. The molecule has 0 bridgehead atoms. The second-order valence-corrected chi connectivity index (χ2v) is 5.65. The normalized spacial score (nSPS) is 12.3. The van der Waals surface area contributed by atoms with Crippen LogP contribution in [0.15, 0.2) is 36.4 Å². The van der Waals surface area contributed by atoms with Crippen molar-refractivity contribution >= 4 is 39.1 Å². The quantitative estimate of drug-likeness (QED) is 0.642. The molecule has 2 aromatic rings. The summed E-state index contributed by atoms with van der Waals surface area (Å²) in [4.78, 5) is -0.210. The zero-order valence-corrected chi connectivity index (χ0v) is 13.1. The predicted octanol–water partition coefficient (Wildman–Crippen LogP) is 5.63. The lowest BCUT2D eigenvalue weighted by Gasteiger charge is -2.14. The van der Waals surface area contributed by atoms with Crippen molar-refractivity contribution < 1.29 is 9.13 Å². The Balaban J connectivity index is 2.38. The molecular formula is C14H10BrCl2FO. The van der Waals surface area contributed by atoms with Crippen molar-refractivity contribution in [1.82, 2.24) is 0 Å². The summed E-state index contributed by atoms with van der Waals surface area (Å²) in [7, 11) is 1.57. The van der Waals surface area contributed by atoms with Gasteiger partial charge in [0.2, 0.25) is 0 Å². The molecule has 1 atom stereocenters. The van der Waals surface area contributed by atoms with Crippen molar-refractivity contribution in [2.75, 3.05) is 7.11 Å². The lowest BCUT2D eigenvalue weighted by molar-refractivity contribution is 0.414. The Labute approximate surface area is 129 Å². The van der Waals surface area contributed by atoms with Gasteiger partial charge in [0, 0.05) is 5.02 Å². The van der Waals surface area contributed by atoms with Crippen LogP contribution in [-0.2, 0) is 0 Å². The smallest absolute Gasteiger partial charge is 0.142 e. The highest BCUT2D eigenvalue weighted by atomic mass is 79.9. The first kappa shape index (κ1) is 14.6. The molecule has 100 valence electrons. The van der Waals surface area contributed by atoms with E-state index in [0.29, 0.717) is 10.8 Å². The van der Waals surface area contributed by atoms with Gasteiger partial charge >= 0.3 is 0 Å². The van der Waals surface area contributed by atoms with E-state index in [1.54, 1.807) is 19.2 Å². The molecule has 2 rings (SSSR count). The molecule has 19 heavy (non-hydrogen) atoms. The van der Waals surface area contributed by atoms with E-state index in [1.807, 2.05) is 12.1 Å². The highest BCUT2D eigenvalue weighted by molar-refractivity contribution is 9.09. The van der Waals surface area contributed by atoms with Gasteiger partial charge in [-0.15, -0.1) is 0 Å². The van der Waals surface area contributed by atoms with Gasteiger partial charge in [0.25, 0.3) is 0 Å². The van der Waals surface area contributed by atoms with Gasteiger partial charge in [-0.25, -0.2) is 4.39 Å². The maximum absolute atomic E-state index is 13.5. The largest absolute Gasteiger partial charge is 0.497 e. The molecule has 0 fully saturated rings. The number of ether oxygens (including phenoxy) is 1. The van der Waals surface area contributed by atoms with Crippen LogP contribution in [0.25, 0.3) is 0 Å². The summed E-state index contributed by atoms with van der Waals surface area (Å²) in [6, 6.07) is 10.0. The van der Waals surface area contributed by atoms with Gasteiger partial charge < -0.3 is 4.74 Å². The van der Waals surface area contributed by atoms with Crippen molar-refractivity contribution in [2.24, 2.45) is 0 Å². The van der Waals surface area contributed by atoms with Crippen LogP contribution in [0.5, 0.6) is 5.75 Å².